The van der Waals surface area contributed by atoms with Gasteiger partial charge in [-0.05, 0) is 56.7 Å². The standard InChI is InChI=1S/C14H23NS/c1-10(2)7-8-15-11(3)14-9-12-5-4-6-13(12)16-14/h9-11,15H,4-8H2,1-3H3. The minimum atomic E-state index is 0.536. The molecule has 1 nitrogen and oxygen atoms in total. The Balaban J connectivity index is 1.86. The summed E-state index contributed by atoms with van der Waals surface area (Å²) >= 11 is 2.03. The first kappa shape index (κ1) is 12.1. The molecular weight excluding hydrogens is 214 g/mol. The predicted octanol–water partition coefficient (Wildman–Crippen LogP) is 3.93. The maximum atomic E-state index is 3.63. The van der Waals surface area contributed by atoms with Gasteiger partial charge in [-0.3, -0.25) is 0 Å². The summed E-state index contributed by atoms with van der Waals surface area (Å²) in [7, 11) is 0. The highest BCUT2D eigenvalue weighted by Crippen LogP contribution is 2.33. The zero-order chi connectivity index (χ0) is 11.5. The van der Waals surface area contributed by atoms with Gasteiger partial charge >= 0.3 is 0 Å². The van der Waals surface area contributed by atoms with Crippen molar-refractivity contribution in [1.29, 1.82) is 0 Å². The van der Waals surface area contributed by atoms with E-state index in [-0.39, 0.29) is 0 Å². The van der Waals surface area contributed by atoms with E-state index < -0.39 is 0 Å². The fourth-order valence-electron chi connectivity index (χ4n) is 2.25. The molecule has 1 aromatic rings. The lowest BCUT2D eigenvalue weighted by molar-refractivity contribution is 0.500. The molecule has 0 aromatic carbocycles. The lowest BCUT2D eigenvalue weighted by atomic mass is 10.1. The van der Waals surface area contributed by atoms with Gasteiger partial charge in [0.15, 0.2) is 0 Å². The summed E-state index contributed by atoms with van der Waals surface area (Å²) < 4.78 is 0. The van der Waals surface area contributed by atoms with E-state index in [1.54, 1.807) is 10.4 Å². The van der Waals surface area contributed by atoms with Crippen LogP contribution in [0.2, 0.25) is 0 Å². The molecule has 1 heterocycles. The smallest absolute Gasteiger partial charge is 0.0386 e. The molecular formula is C14H23NS. The van der Waals surface area contributed by atoms with E-state index in [9.17, 15) is 0 Å². The Kier molecular flexibility index (Phi) is 4.04. The van der Waals surface area contributed by atoms with E-state index in [1.807, 2.05) is 11.3 Å². The summed E-state index contributed by atoms with van der Waals surface area (Å²) in [5.74, 6) is 0.799. The van der Waals surface area contributed by atoms with Crippen molar-refractivity contribution in [2.45, 2.75) is 52.5 Å². The Morgan fingerprint density at radius 3 is 2.81 bits per heavy atom. The minimum absolute atomic E-state index is 0.536. The Morgan fingerprint density at radius 2 is 2.12 bits per heavy atom. The van der Waals surface area contributed by atoms with Crippen molar-refractivity contribution in [2.24, 2.45) is 5.92 Å². The number of hydrogen-bond acceptors (Lipinski definition) is 2. The normalized spacial score (nSPS) is 16.8. The average molecular weight is 237 g/mol. The van der Waals surface area contributed by atoms with Gasteiger partial charge in [0.05, 0.1) is 0 Å². The minimum Gasteiger partial charge on any atom is -0.309 e. The molecule has 0 amide bonds. The van der Waals surface area contributed by atoms with Crippen LogP contribution in [0.25, 0.3) is 0 Å². The van der Waals surface area contributed by atoms with E-state index in [4.69, 9.17) is 0 Å². The molecule has 1 atom stereocenters. The van der Waals surface area contributed by atoms with Crippen LogP contribution in [0.1, 0.15) is 55.0 Å². The molecule has 2 rings (SSSR count). The van der Waals surface area contributed by atoms with Crippen molar-refractivity contribution < 1.29 is 0 Å². The molecule has 0 fully saturated rings. The number of rotatable bonds is 5. The van der Waals surface area contributed by atoms with Crippen LogP contribution in [0.15, 0.2) is 6.07 Å². The summed E-state index contributed by atoms with van der Waals surface area (Å²) in [5.41, 5.74) is 1.62. The highest BCUT2D eigenvalue weighted by molar-refractivity contribution is 7.12. The second kappa shape index (κ2) is 5.33. The highest BCUT2D eigenvalue weighted by Gasteiger charge is 2.17. The highest BCUT2D eigenvalue weighted by atomic mass is 32.1. The zero-order valence-electron chi connectivity index (χ0n) is 10.7. The summed E-state index contributed by atoms with van der Waals surface area (Å²) in [4.78, 5) is 3.18. The van der Waals surface area contributed by atoms with Gasteiger partial charge in [-0.25, -0.2) is 0 Å². The largest absolute Gasteiger partial charge is 0.309 e. The molecule has 0 bridgehead atoms. The van der Waals surface area contributed by atoms with Crippen molar-refractivity contribution in [3.8, 4) is 0 Å². The van der Waals surface area contributed by atoms with Crippen molar-refractivity contribution in [3.63, 3.8) is 0 Å². The molecule has 1 aliphatic rings. The van der Waals surface area contributed by atoms with Gasteiger partial charge in [-0.15, -0.1) is 11.3 Å². The van der Waals surface area contributed by atoms with Gasteiger partial charge in [0, 0.05) is 15.8 Å². The Bertz CT molecular complexity index is 319. The second-order valence-electron chi connectivity index (χ2n) is 5.31. The zero-order valence-corrected chi connectivity index (χ0v) is 11.5. The second-order valence-corrected chi connectivity index (χ2v) is 6.48. The number of thiophene rings is 1. The predicted molar refractivity (Wildman–Crippen MR) is 72.2 cm³/mol. The molecule has 0 radical (unpaired) electrons. The average Bonchev–Trinajstić information content (AvgIpc) is 2.75. The van der Waals surface area contributed by atoms with Crippen molar-refractivity contribution >= 4 is 11.3 Å². The number of nitrogens with one attached hydrogen (secondary N) is 1. The number of aryl methyl sites for hydroxylation is 2. The lowest BCUT2D eigenvalue weighted by Crippen LogP contribution is -2.20. The van der Waals surface area contributed by atoms with Gasteiger partial charge < -0.3 is 5.32 Å². The van der Waals surface area contributed by atoms with E-state index >= 15 is 0 Å². The summed E-state index contributed by atoms with van der Waals surface area (Å²) in [6.45, 7) is 8.00. The molecule has 0 saturated heterocycles. The molecule has 16 heavy (non-hydrogen) atoms. The summed E-state index contributed by atoms with van der Waals surface area (Å²) in [6.07, 6.45) is 5.27. The monoisotopic (exact) mass is 237 g/mol. The summed E-state index contributed by atoms with van der Waals surface area (Å²) in [5, 5.41) is 3.63. The lowest BCUT2D eigenvalue weighted by Gasteiger charge is -2.13. The maximum absolute atomic E-state index is 3.63. The van der Waals surface area contributed by atoms with Crippen LogP contribution in [-0.2, 0) is 12.8 Å². The maximum Gasteiger partial charge on any atom is 0.0386 e. The van der Waals surface area contributed by atoms with Crippen LogP contribution < -0.4 is 5.32 Å². The van der Waals surface area contributed by atoms with E-state index in [0.717, 1.165) is 12.5 Å². The van der Waals surface area contributed by atoms with Crippen molar-refractivity contribution in [3.05, 3.63) is 21.4 Å². The number of fused-ring (bicyclic) bond motifs is 1. The SMILES string of the molecule is CC(C)CCNC(C)c1cc2c(s1)CCC2. The topological polar surface area (TPSA) is 12.0 Å². The Labute approximate surface area is 103 Å². The first-order chi connectivity index (χ1) is 7.66. The molecule has 2 heteroatoms. The van der Waals surface area contributed by atoms with Crippen LogP contribution in [0.5, 0.6) is 0 Å². The molecule has 0 aliphatic heterocycles. The summed E-state index contributed by atoms with van der Waals surface area (Å²) in [6, 6.07) is 2.97. The molecule has 90 valence electrons. The van der Waals surface area contributed by atoms with Gasteiger partial charge in [-0.1, -0.05) is 13.8 Å². The van der Waals surface area contributed by atoms with Crippen molar-refractivity contribution in [1.82, 2.24) is 5.32 Å². The van der Waals surface area contributed by atoms with E-state index in [2.05, 4.69) is 32.2 Å². The van der Waals surface area contributed by atoms with Gasteiger partial charge in [0.1, 0.15) is 0 Å². The van der Waals surface area contributed by atoms with Crippen LogP contribution >= 0.6 is 11.3 Å². The Morgan fingerprint density at radius 1 is 1.31 bits per heavy atom. The van der Waals surface area contributed by atoms with Crippen LogP contribution in [0, 0.1) is 5.92 Å². The molecule has 1 aliphatic carbocycles. The third kappa shape index (κ3) is 2.86. The van der Waals surface area contributed by atoms with Gasteiger partial charge in [-0.2, -0.15) is 0 Å². The fraction of sp³-hybridized carbons (Fsp3) is 0.714. The first-order valence-electron chi connectivity index (χ1n) is 6.51. The third-order valence-electron chi connectivity index (χ3n) is 3.36. The third-order valence-corrected chi connectivity index (χ3v) is 4.78. The molecule has 1 aromatic heterocycles. The molecule has 1 unspecified atom stereocenters. The molecule has 0 saturated carbocycles. The fourth-order valence-corrected chi connectivity index (χ4v) is 3.54. The van der Waals surface area contributed by atoms with Gasteiger partial charge in [0.25, 0.3) is 0 Å². The quantitative estimate of drug-likeness (QED) is 0.818. The van der Waals surface area contributed by atoms with E-state index in [0.29, 0.717) is 6.04 Å². The first-order valence-corrected chi connectivity index (χ1v) is 7.33. The molecule has 1 N–H and O–H groups in total. The van der Waals surface area contributed by atoms with E-state index in [1.165, 1.54) is 30.6 Å². The molecule has 0 spiro atoms. The Hall–Kier alpha value is -0.340. The number of hydrogen-bond donors (Lipinski definition) is 1. The van der Waals surface area contributed by atoms with Crippen molar-refractivity contribution in [2.75, 3.05) is 6.54 Å². The van der Waals surface area contributed by atoms with Crippen LogP contribution in [0.3, 0.4) is 0 Å². The van der Waals surface area contributed by atoms with Crippen LogP contribution in [0.4, 0.5) is 0 Å². The van der Waals surface area contributed by atoms with Crippen LogP contribution in [-0.4, -0.2) is 6.54 Å². The van der Waals surface area contributed by atoms with Gasteiger partial charge in [0.2, 0.25) is 0 Å².